The number of rotatable bonds is 6. The van der Waals surface area contributed by atoms with E-state index in [2.05, 4.69) is 27.3 Å². The second-order valence-corrected chi connectivity index (χ2v) is 8.24. The van der Waals surface area contributed by atoms with Crippen LogP contribution < -0.4 is 5.32 Å². The molecule has 3 heterocycles. The molecular weight excluding hydrogens is 336 g/mol. The highest BCUT2D eigenvalue weighted by Crippen LogP contribution is 2.24. The number of likely N-dealkylation sites (tertiary alicyclic amines) is 1. The van der Waals surface area contributed by atoms with Crippen molar-refractivity contribution >= 4 is 5.96 Å². The van der Waals surface area contributed by atoms with Gasteiger partial charge in [0.15, 0.2) is 5.96 Å². The molecular formula is C22H34N4O. The number of guanidine groups is 1. The monoisotopic (exact) mass is 370 g/mol. The van der Waals surface area contributed by atoms with Crippen molar-refractivity contribution in [2.75, 3.05) is 39.3 Å². The van der Waals surface area contributed by atoms with Gasteiger partial charge in [-0.3, -0.25) is 9.89 Å². The van der Waals surface area contributed by atoms with Crippen LogP contribution in [0.15, 0.2) is 40.0 Å². The topological polar surface area (TPSA) is 44.0 Å². The molecule has 2 aliphatic heterocycles. The molecule has 0 spiro atoms. The molecule has 0 amide bonds. The molecule has 148 valence electrons. The van der Waals surface area contributed by atoms with Crippen molar-refractivity contribution in [2.45, 2.75) is 51.0 Å². The first-order valence-corrected chi connectivity index (χ1v) is 10.8. The van der Waals surface area contributed by atoms with Crippen LogP contribution in [-0.4, -0.2) is 61.1 Å². The highest BCUT2D eigenvalue weighted by atomic mass is 16.3. The van der Waals surface area contributed by atoms with Crippen LogP contribution in [-0.2, 0) is 6.42 Å². The molecule has 4 rings (SSSR count). The van der Waals surface area contributed by atoms with Crippen molar-refractivity contribution in [1.82, 2.24) is 15.1 Å². The van der Waals surface area contributed by atoms with Crippen molar-refractivity contribution in [2.24, 2.45) is 10.9 Å². The first-order valence-electron chi connectivity index (χ1n) is 10.8. The van der Waals surface area contributed by atoms with Gasteiger partial charge < -0.3 is 14.6 Å². The molecule has 1 atom stereocenters. The molecule has 27 heavy (non-hydrogen) atoms. The average molecular weight is 371 g/mol. The molecule has 1 unspecified atom stereocenters. The highest BCUT2D eigenvalue weighted by Gasteiger charge is 2.29. The van der Waals surface area contributed by atoms with Crippen LogP contribution in [0.4, 0.5) is 0 Å². The summed E-state index contributed by atoms with van der Waals surface area (Å²) in [5.41, 5.74) is 0. The second kappa shape index (κ2) is 9.45. The normalized spacial score (nSPS) is 24.8. The second-order valence-electron chi connectivity index (χ2n) is 8.24. The molecule has 1 saturated carbocycles. The van der Waals surface area contributed by atoms with Crippen molar-refractivity contribution in [3.8, 4) is 0 Å². The fourth-order valence-corrected chi connectivity index (χ4v) is 4.63. The Kier molecular flexibility index (Phi) is 6.51. The molecule has 2 fully saturated rings. The minimum atomic E-state index is 0.659. The summed E-state index contributed by atoms with van der Waals surface area (Å²) in [6.45, 7) is 6.29. The van der Waals surface area contributed by atoms with E-state index in [0.717, 1.165) is 63.3 Å². The maximum Gasteiger partial charge on any atom is 0.194 e. The summed E-state index contributed by atoms with van der Waals surface area (Å²) in [6, 6.07) is 4.67. The van der Waals surface area contributed by atoms with E-state index < -0.39 is 0 Å². The van der Waals surface area contributed by atoms with Crippen molar-refractivity contribution in [3.63, 3.8) is 0 Å². The molecule has 1 aromatic heterocycles. The van der Waals surface area contributed by atoms with Crippen molar-refractivity contribution in [1.29, 1.82) is 0 Å². The number of hydrogen-bond acceptors (Lipinski definition) is 3. The van der Waals surface area contributed by atoms with E-state index in [1.165, 1.54) is 38.5 Å². The van der Waals surface area contributed by atoms with Crippen LogP contribution in [0.3, 0.4) is 0 Å². The molecule has 1 N–H and O–H groups in total. The van der Waals surface area contributed by atoms with Gasteiger partial charge >= 0.3 is 0 Å². The van der Waals surface area contributed by atoms with Gasteiger partial charge in [0.05, 0.1) is 6.26 Å². The van der Waals surface area contributed by atoms with E-state index in [0.29, 0.717) is 6.04 Å². The highest BCUT2D eigenvalue weighted by molar-refractivity contribution is 5.80. The lowest BCUT2D eigenvalue weighted by atomic mass is 9.89. The lowest BCUT2D eigenvalue weighted by Crippen LogP contribution is -2.43. The average Bonchev–Trinajstić information content (AvgIpc) is 3.47. The largest absolute Gasteiger partial charge is 0.469 e. The van der Waals surface area contributed by atoms with Crippen molar-refractivity contribution in [3.05, 3.63) is 36.3 Å². The third-order valence-electron chi connectivity index (χ3n) is 6.28. The van der Waals surface area contributed by atoms with E-state index >= 15 is 0 Å². The van der Waals surface area contributed by atoms with Gasteiger partial charge in [-0.25, -0.2) is 0 Å². The van der Waals surface area contributed by atoms with Gasteiger partial charge in [-0.1, -0.05) is 31.4 Å². The summed E-state index contributed by atoms with van der Waals surface area (Å²) >= 11 is 0. The molecule has 3 aliphatic rings. The van der Waals surface area contributed by atoms with E-state index in [9.17, 15) is 0 Å². The van der Waals surface area contributed by atoms with Gasteiger partial charge in [-0.15, -0.1) is 0 Å². The molecule has 5 nitrogen and oxygen atoms in total. The minimum Gasteiger partial charge on any atom is -0.469 e. The number of furan rings is 1. The van der Waals surface area contributed by atoms with Crippen LogP contribution in [0.2, 0.25) is 0 Å². The molecule has 1 aromatic rings. The fraction of sp³-hybridized carbons (Fsp3) is 0.682. The summed E-state index contributed by atoms with van der Waals surface area (Å²) < 4.78 is 5.47. The maximum atomic E-state index is 5.47. The molecule has 1 aliphatic carbocycles. The van der Waals surface area contributed by atoms with Gasteiger partial charge in [0.2, 0.25) is 0 Å². The molecule has 0 bridgehead atoms. The molecule has 5 heteroatoms. The third kappa shape index (κ3) is 5.16. The van der Waals surface area contributed by atoms with Crippen LogP contribution in [0.5, 0.6) is 0 Å². The maximum absolute atomic E-state index is 5.47. The Morgan fingerprint density at radius 2 is 2.00 bits per heavy atom. The Bertz CT molecular complexity index is 610. The number of hydrogen-bond donors (Lipinski definition) is 1. The van der Waals surface area contributed by atoms with Crippen LogP contribution >= 0.6 is 0 Å². The summed E-state index contributed by atoms with van der Waals surface area (Å²) in [6.07, 6.45) is 15.4. The summed E-state index contributed by atoms with van der Waals surface area (Å²) in [7, 11) is 0. The SMILES string of the molecule is C1=CCN(C2CCN(C(=NCC3CCCCC3)NCCc3ccco3)C2)C1. The minimum absolute atomic E-state index is 0.659. The van der Waals surface area contributed by atoms with E-state index in [1.54, 1.807) is 6.26 Å². The summed E-state index contributed by atoms with van der Waals surface area (Å²) in [4.78, 5) is 10.1. The zero-order chi connectivity index (χ0) is 18.3. The van der Waals surface area contributed by atoms with Gasteiger partial charge in [0.25, 0.3) is 0 Å². The van der Waals surface area contributed by atoms with Crippen molar-refractivity contribution < 1.29 is 4.42 Å². The van der Waals surface area contributed by atoms with E-state index in [4.69, 9.17) is 9.41 Å². The first-order chi connectivity index (χ1) is 13.4. The lowest BCUT2D eigenvalue weighted by Gasteiger charge is -2.26. The Morgan fingerprint density at radius 1 is 1.15 bits per heavy atom. The van der Waals surface area contributed by atoms with Gasteiger partial charge in [0, 0.05) is 51.7 Å². The Labute approximate surface area is 163 Å². The van der Waals surface area contributed by atoms with Crippen LogP contribution in [0.1, 0.15) is 44.3 Å². The number of aliphatic imine (C=N–C) groups is 1. The smallest absolute Gasteiger partial charge is 0.194 e. The predicted octanol–water partition coefficient (Wildman–Crippen LogP) is 3.29. The fourth-order valence-electron chi connectivity index (χ4n) is 4.63. The Balaban J connectivity index is 1.34. The molecule has 0 aromatic carbocycles. The lowest BCUT2D eigenvalue weighted by molar-refractivity contribution is 0.259. The first kappa shape index (κ1) is 18.6. The van der Waals surface area contributed by atoms with Gasteiger partial charge in [0.1, 0.15) is 5.76 Å². The molecule has 1 saturated heterocycles. The van der Waals surface area contributed by atoms with Gasteiger partial charge in [-0.05, 0) is 37.3 Å². The number of nitrogens with one attached hydrogen (secondary N) is 1. The zero-order valence-electron chi connectivity index (χ0n) is 16.5. The quantitative estimate of drug-likeness (QED) is 0.474. The summed E-state index contributed by atoms with van der Waals surface area (Å²) in [5, 5.41) is 3.63. The van der Waals surface area contributed by atoms with Gasteiger partial charge in [-0.2, -0.15) is 0 Å². The van der Waals surface area contributed by atoms with E-state index in [-0.39, 0.29) is 0 Å². The third-order valence-corrected chi connectivity index (χ3v) is 6.28. The van der Waals surface area contributed by atoms with Crippen LogP contribution in [0.25, 0.3) is 0 Å². The standard InChI is InChI=1S/C22H34N4O/c1-2-7-19(8-3-1)17-24-22(23-12-10-21-9-6-16-27-21)26-15-11-20(18-26)25-13-4-5-14-25/h4-6,9,16,19-20H,1-3,7-8,10-15,17-18H2,(H,23,24). The molecule has 0 radical (unpaired) electrons. The Hall–Kier alpha value is -1.75. The Morgan fingerprint density at radius 3 is 2.78 bits per heavy atom. The number of nitrogens with zero attached hydrogens (tertiary/aromatic N) is 3. The summed E-state index contributed by atoms with van der Waals surface area (Å²) in [5.74, 6) is 2.93. The predicted molar refractivity (Wildman–Crippen MR) is 110 cm³/mol. The van der Waals surface area contributed by atoms with E-state index in [1.807, 2.05) is 12.1 Å². The zero-order valence-corrected chi connectivity index (χ0v) is 16.5. The van der Waals surface area contributed by atoms with Crippen LogP contribution in [0, 0.1) is 5.92 Å².